The third kappa shape index (κ3) is 4.91. The minimum atomic E-state index is -0.390. The van der Waals surface area contributed by atoms with Crippen molar-refractivity contribution in [2.45, 2.75) is 6.42 Å². The molecule has 0 aliphatic carbocycles. The molecule has 0 radical (unpaired) electrons. The molecule has 1 amide bonds. The van der Waals surface area contributed by atoms with Crippen LogP contribution in [0.15, 0.2) is 81.6 Å². The third-order valence-electron chi connectivity index (χ3n) is 4.94. The molecule has 1 N–H and O–H groups in total. The van der Waals surface area contributed by atoms with Gasteiger partial charge in [-0.05, 0) is 66.2 Å². The summed E-state index contributed by atoms with van der Waals surface area (Å²) in [5.74, 6) is 0.832. The number of anilines is 1. The van der Waals surface area contributed by atoms with E-state index in [4.69, 9.17) is 43.6 Å². The minimum absolute atomic E-state index is 0.157. The van der Waals surface area contributed by atoms with Crippen LogP contribution in [0, 0.1) is 0 Å². The highest BCUT2D eigenvalue weighted by molar-refractivity contribution is 6.35. The molecule has 164 valence electrons. The van der Waals surface area contributed by atoms with Gasteiger partial charge < -0.3 is 14.2 Å². The first kappa shape index (κ1) is 21.6. The zero-order valence-electron chi connectivity index (χ0n) is 16.9. The Morgan fingerprint density at radius 3 is 2.33 bits per heavy atom. The number of amides is 1. The van der Waals surface area contributed by atoms with Crippen LogP contribution >= 0.6 is 34.8 Å². The van der Waals surface area contributed by atoms with Gasteiger partial charge in [0.2, 0.25) is 0 Å². The van der Waals surface area contributed by atoms with Crippen molar-refractivity contribution in [2.75, 3.05) is 5.32 Å². The monoisotopic (exact) mass is 496 g/mol. The van der Waals surface area contributed by atoms with Crippen molar-refractivity contribution in [1.29, 1.82) is 0 Å². The standard InChI is InChI=1S/C25H15Cl3N2O3/c26-16-3-1-14(2-4-16)9-24-30-20-13-19(5-6-22(20)33-24)29-25(31)23-8-7-21(32-23)15-10-17(27)12-18(28)11-15/h1-8,10-13H,9H2,(H,29,31). The fraction of sp³-hybridized carbons (Fsp3) is 0.0400. The van der Waals surface area contributed by atoms with E-state index in [1.165, 1.54) is 0 Å². The Kier molecular flexibility index (Phi) is 5.85. The smallest absolute Gasteiger partial charge is 0.291 e. The van der Waals surface area contributed by atoms with Gasteiger partial charge in [-0.1, -0.05) is 46.9 Å². The number of hydrogen-bond acceptors (Lipinski definition) is 4. The van der Waals surface area contributed by atoms with Crippen molar-refractivity contribution in [3.05, 3.63) is 105 Å². The lowest BCUT2D eigenvalue weighted by molar-refractivity contribution is 0.0997. The number of oxazole rings is 1. The average molecular weight is 498 g/mol. The number of halogens is 3. The molecule has 0 fully saturated rings. The predicted molar refractivity (Wildman–Crippen MR) is 130 cm³/mol. The summed E-state index contributed by atoms with van der Waals surface area (Å²) in [4.78, 5) is 17.2. The Hall–Kier alpha value is -3.25. The molecule has 3 aromatic carbocycles. The van der Waals surface area contributed by atoms with Gasteiger partial charge in [0.15, 0.2) is 17.2 Å². The van der Waals surface area contributed by atoms with E-state index in [-0.39, 0.29) is 5.76 Å². The lowest BCUT2D eigenvalue weighted by Gasteiger charge is -2.03. The molecule has 8 heteroatoms. The molecule has 33 heavy (non-hydrogen) atoms. The molecule has 0 saturated carbocycles. The van der Waals surface area contributed by atoms with Crippen LogP contribution in [0.3, 0.4) is 0 Å². The van der Waals surface area contributed by atoms with E-state index in [9.17, 15) is 4.79 Å². The topological polar surface area (TPSA) is 68.3 Å². The molecule has 0 aliphatic rings. The SMILES string of the molecule is O=C(Nc1ccc2oc(Cc3ccc(Cl)cc3)nc2c1)c1ccc(-c2cc(Cl)cc(Cl)c2)o1. The largest absolute Gasteiger partial charge is 0.451 e. The van der Waals surface area contributed by atoms with Crippen LogP contribution in [-0.2, 0) is 6.42 Å². The van der Waals surface area contributed by atoms with E-state index in [1.807, 2.05) is 24.3 Å². The van der Waals surface area contributed by atoms with Crippen LogP contribution in [0.1, 0.15) is 22.0 Å². The number of benzene rings is 3. The van der Waals surface area contributed by atoms with Gasteiger partial charge in [0.05, 0.1) is 0 Å². The summed E-state index contributed by atoms with van der Waals surface area (Å²) >= 11 is 18.0. The van der Waals surface area contributed by atoms with Gasteiger partial charge in [-0.15, -0.1) is 0 Å². The maximum Gasteiger partial charge on any atom is 0.291 e. The van der Waals surface area contributed by atoms with Gasteiger partial charge in [0, 0.05) is 32.7 Å². The first-order chi connectivity index (χ1) is 15.9. The van der Waals surface area contributed by atoms with Gasteiger partial charge in [0.25, 0.3) is 5.91 Å². The predicted octanol–water partition coefficient (Wildman–Crippen LogP) is 7.89. The van der Waals surface area contributed by atoms with Gasteiger partial charge in [0.1, 0.15) is 11.3 Å². The van der Waals surface area contributed by atoms with E-state index < -0.39 is 5.91 Å². The van der Waals surface area contributed by atoms with E-state index in [0.717, 1.165) is 5.56 Å². The Balaban J connectivity index is 1.32. The van der Waals surface area contributed by atoms with Crippen molar-refractivity contribution < 1.29 is 13.6 Å². The number of hydrogen-bond donors (Lipinski definition) is 1. The zero-order valence-corrected chi connectivity index (χ0v) is 19.2. The van der Waals surface area contributed by atoms with Crippen molar-refractivity contribution in [2.24, 2.45) is 0 Å². The molecular formula is C25H15Cl3N2O3. The number of furan rings is 1. The molecule has 2 heterocycles. The van der Waals surface area contributed by atoms with E-state index in [1.54, 1.807) is 48.5 Å². The van der Waals surface area contributed by atoms with E-state index in [0.29, 0.717) is 55.5 Å². The van der Waals surface area contributed by atoms with E-state index >= 15 is 0 Å². The molecule has 0 spiro atoms. The second-order valence-electron chi connectivity index (χ2n) is 7.37. The summed E-state index contributed by atoms with van der Waals surface area (Å²) in [5.41, 5.74) is 3.57. The fourth-order valence-electron chi connectivity index (χ4n) is 3.41. The Morgan fingerprint density at radius 2 is 1.58 bits per heavy atom. The highest BCUT2D eigenvalue weighted by atomic mass is 35.5. The molecule has 5 nitrogen and oxygen atoms in total. The highest BCUT2D eigenvalue weighted by Gasteiger charge is 2.15. The molecule has 0 atom stereocenters. The van der Waals surface area contributed by atoms with Crippen molar-refractivity contribution in [3.63, 3.8) is 0 Å². The highest BCUT2D eigenvalue weighted by Crippen LogP contribution is 2.29. The summed E-state index contributed by atoms with van der Waals surface area (Å²) in [6, 6.07) is 21.1. The van der Waals surface area contributed by atoms with Crippen molar-refractivity contribution in [3.8, 4) is 11.3 Å². The molecule has 2 aromatic heterocycles. The van der Waals surface area contributed by atoms with E-state index in [2.05, 4.69) is 10.3 Å². The summed E-state index contributed by atoms with van der Waals surface area (Å²) in [5, 5.41) is 4.46. The quantitative estimate of drug-likeness (QED) is 0.268. The Bertz CT molecular complexity index is 1450. The maximum absolute atomic E-state index is 12.7. The van der Waals surface area contributed by atoms with Gasteiger partial charge in [-0.2, -0.15) is 0 Å². The Labute approximate surface area is 203 Å². The normalized spacial score (nSPS) is 11.1. The minimum Gasteiger partial charge on any atom is -0.451 e. The molecular weight excluding hydrogens is 483 g/mol. The number of rotatable bonds is 5. The number of fused-ring (bicyclic) bond motifs is 1. The molecule has 0 saturated heterocycles. The maximum atomic E-state index is 12.7. The summed E-state index contributed by atoms with van der Waals surface area (Å²) < 4.78 is 11.5. The van der Waals surface area contributed by atoms with Gasteiger partial charge in [-0.25, -0.2) is 4.98 Å². The number of aromatic nitrogens is 1. The average Bonchev–Trinajstić information content (AvgIpc) is 3.41. The fourth-order valence-corrected chi connectivity index (χ4v) is 4.06. The van der Waals surface area contributed by atoms with Gasteiger partial charge in [-0.3, -0.25) is 4.79 Å². The third-order valence-corrected chi connectivity index (χ3v) is 5.62. The van der Waals surface area contributed by atoms with Crippen molar-refractivity contribution >= 4 is 57.5 Å². The van der Waals surface area contributed by atoms with Gasteiger partial charge >= 0.3 is 0 Å². The second kappa shape index (κ2) is 8.94. The lowest BCUT2D eigenvalue weighted by atomic mass is 10.1. The number of nitrogens with zero attached hydrogens (tertiary/aromatic N) is 1. The van der Waals surface area contributed by atoms with Crippen LogP contribution in [0.2, 0.25) is 15.1 Å². The molecule has 5 aromatic rings. The lowest BCUT2D eigenvalue weighted by Crippen LogP contribution is -2.10. The first-order valence-corrected chi connectivity index (χ1v) is 11.1. The summed E-state index contributed by atoms with van der Waals surface area (Å²) in [6.45, 7) is 0. The summed E-state index contributed by atoms with van der Waals surface area (Å²) in [7, 11) is 0. The molecule has 0 unspecified atom stereocenters. The molecule has 0 aliphatic heterocycles. The second-order valence-corrected chi connectivity index (χ2v) is 8.68. The molecule has 5 rings (SSSR count). The van der Waals surface area contributed by atoms with Crippen LogP contribution in [0.5, 0.6) is 0 Å². The molecule has 0 bridgehead atoms. The number of nitrogens with one attached hydrogen (secondary N) is 1. The zero-order chi connectivity index (χ0) is 22.9. The van der Waals surface area contributed by atoms with Crippen LogP contribution < -0.4 is 5.32 Å². The van der Waals surface area contributed by atoms with Crippen LogP contribution in [0.4, 0.5) is 5.69 Å². The van der Waals surface area contributed by atoms with Crippen LogP contribution in [-0.4, -0.2) is 10.9 Å². The van der Waals surface area contributed by atoms with Crippen molar-refractivity contribution in [1.82, 2.24) is 4.98 Å². The van der Waals surface area contributed by atoms with Crippen LogP contribution in [0.25, 0.3) is 22.4 Å². The number of carbonyl (C=O) groups is 1. The Morgan fingerprint density at radius 1 is 0.818 bits per heavy atom. The number of carbonyl (C=O) groups excluding carboxylic acids is 1. The summed E-state index contributed by atoms with van der Waals surface area (Å²) in [6.07, 6.45) is 0.538. The first-order valence-electron chi connectivity index (χ1n) is 9.94.